The van der Waals surface area contributed by atoms with Crippen molar-refractivity contribution in [3.63, 3.8) is 0 Å². The van der Waals surface area contributed by atoms with Gasteiger partial charge >= 0.3 is 6.61 Å². The standard InChI is InChI=1S/C15H21F2NO3/c1-15(2,6-7-19)10-18-13(20)9-11-4-3-5-12(8-11)21-14(16)17/h3-5,8,14,19H,6-7,9-10H2,1-2H3,(H,18,20). The van der Waals surface area contributed by atoms with Crippen LogP contribution in [0.5, 0.6) is 5.75 Å². The Morgan fingerprint density at radius 1 is 1.43 bits per heavy atom. The number of rotatable bonds is 8. The SMILES string of the molecule is CC(C)(CCO)CNC(=O)Cc1cccc(OC(F)F)c1. The van der Waals surface area contributed by atoms with E-state index in [1.165, 1.54) is 12.1 Å². The maximum Gasteiger partial charge on any atom is 0.387 e. The Labute approximate surface area is 123 Å². The lowest BCUT2D eigenvalue weighted by atomic mass is 9.89. The van der Waals surface area contributed by atoms with Gasteiger partial charge in [-0.1, -0.05) is 26.0 Å². The molecular weight excluding hydrogens is 280 g/mol. The molecule has 6 heteroatoms. The van der Waals surface area contributed by atoms with Crippen LogP contribution in [0.15, 0.2) is 24.3 Å². The van der Waals surface area contributed by atoms with Crippen LogP contribution in [0.4, 0.5) is 8.78 Å². The first-order chi connectivity index (χ1) is 9.82. The summed E-state index contributed by atoms with van der Waals surface area (Å²) in [6.45, 7) is 1.52. The minimum absolute atomic E-state index is 0.0379. The van der Waals surface area contributed by atoms with Gasteiger partial charge in [-0.15, -0.1) is 0 Å². The van der Waals surface area contributed by atoms with Gasteiger partial charge in [0.25, 0.3) is 0 Å². The summed E-state index contributed by atoms with van der Waals surface area (Å²) in [5.74, 6) is -0.161. The summed E-state index contributed by atoms with van der Waals surface area (Å²) in [5, 5.41) is 11.7. The van der Waals surface area contributed by atoms with Gasteiger partial charge in [-0.05, 0) is 29.5 Å². The summed E-state index contributed by atoms with van der Waals surface area (Å²) < 4.78 is 28.5. The highest BCUT2D eigenvalue weighted by Gasteiger charge is 2.18. The molecule has 1 aromatic rings. The van der Waals surface area contributed by atoms with Crippen LogP contribution in [0.25, 0.3) is 0 Å². The van der Waals surface area contributed by atoms with E-state index >= 15 is 0 Å². The van der Waals surface area contributed by atoms with Crippen molar-refractivity contribution >= 4 is 5.91 Å². The molecular formula is C15H21F2NO3. The van der Waals surface area contributed by atoms with E-state index in [2.05, 4.69) is 10.1 Å². The van der Waals surface area contributed by atoms with Crippen molar-refractivity contribution in [2.24, 2.45) is 5.41 Å². The number of hydrogen-bond acceptors (Lipinski definition) is 3. The molecule has 0 fully saturated rings. The molecule has 0 aliphatic rings. The second kappa shape index (κ2) is 7.93. The Balaban J connectivity index is 2.51. The number of halogens is 2. The van der Waals surface area contributed by atoms with E-state index < -0.39 is 6.61 Å². The molecule has 0 spiro atoms. The third-order valence-corrected chi connectivity index (χ3v) is 3.04. The van der Waals surface area contributed by atoms with Crippen molar-refractivity contribution in [1.29, 1.82) is 0 Å². The number of carbonyl (C=O) groups is 1. The van der Waals surface area contributed by atoms with Crippen molar-refractivity contribution in [2.45, 2.75) is 33.3 Å². The van der Waals surface area contributed by atoms with Gasteiger partial charge < -0.3 is 15.2 Å². The summed E-state index contributed by atoms with van der Waals surface area (Å²) in [7, 11) is 0. The molecule has 2 N–H and O–H groups in total. The Morgan fingerprint density at radius 2 is 2.14 bits per heavy atom. The van der Waals surface area contributed by atoms with E-state index in [0.717, 1.165) is 0 Å². The van der Waals surface area contributed by atoms with Crippen molar-refractivity contribution < 1.29 is 23.4 Å². The van der Waals surface area contributed by atoms with Crippen LogP contribution >= 0.6 is 0 Å². The highest BCUT2D eigenvalue weighted by atomic mass is 19.3. The number of benzene rings is 1. The van der Waals surface area contributed by atoms with Gasteiger partial charge in [0.05, 0.1) is 6.42 Å². The van der Waals surface area contributed by atoms with E-state index in [-0.39, 0.29) is 30.1 Å². The molecule has 1 rings (SSSR count). The third kappa shape index (κ3) is 7.04. The number of alkyl halides is 2. The highest BCUT2D eigenvalue weighted by molar-refractivity contribution is 5.78. The highest BCUT2D eigenvalue weighted by Crippen LogP contribution is 2.19. The summed E-state index contributed by atoms with van der Waals surface area (Å²) in [4.78, 5) is 11.8. The zero-order valence-electron chi connectivity index (χ0n) is 12.2. The average Bonchev–Trinajstić information content (AvgIpc) is 2.36. The van der Waals surface area contributed by atoms with Crippen LogP contribution in [0.1, 0.15) is 25.8 Å². The van der Waals surface area contributed by atoms with E-state index in [1.54, 1.807) is 12.1 Å². The molecule has 0 radical (unpaired) electrons. The van der Waals surface area contributed by atoms with E-state index in [9.17, 15) is 13.6 Å². The second-order valence-corrected chi connectivity index (χ2v) is 5.62. The van der Waals surface area contributed by atoms with Gasteiger partial charge in [0.1, 0.15) is 5.75 Å². The molecule has 0 atom stereocenters. The number of ether oxygens (including phenoxy) is 1. The van der Waals surface area contributed by atoms with Crippen LogP contribution in [0, 0.1) is 5.41 Å². The third-order valence-electron chi connectivity index (χ3n) is 3.04. The van der Waals surface area contributed by atoms with Gasteiger partial charge in [-0.25, -0.2) is 0 Å². The van der Waals surface area contributed by atoms with Crippen LogP contribution < -0.4 is 10.1 Å². The van der Waals surface area contributed by atoms with Gasteiger partial charge in [-0.3, -0.25) is 4.79 Å². The molecule has 0 unspecified atom stereocenters. The molecule has 0 aliphatic carbocycles. The smallest absolute Gasteiger partial charge is 0.387 e. The Morgan fingerprint density at radius 3 is 2.76 bits per heavy atom. The second-order valence-electron chi connectivity index (χ2n) is 5.62. The molecule has 0 saturated heterocycles. The molecule has 21 heavy (non-hydrogen) atoms. The first-order valence-electron chi connectivity index (χ1n) is 6.74. The Hall–Kier alpha value is -1.69. The minimum Gasteiger partial charge on any atom is -0.435 e. The lowest BCUT2D eigenvalue weighted by Crippen LogP contribution is -2.35. The largest absolute Gasteiger partial charge is 0.435 e. The fourth-order valence-corrected chi connectivity index (χ4v) is 1.81. The fraction of sp³-hybridized carbons (Fsp3) is 0.533. The van der Waals surface area contributed by atoms with Crippen LogP contribution in [0.3, 0.4) is 0 Å². The zero-order chi connectivity index (χ0) is 15.9. The maximum atomic E-state index is 12.1. The predicted octanol–water partition coefficient (Wildman–Crippen LogP) is 2.36. The van der Waals surface area contributed by atoms with E-state index in [0.29, 0.717) is 18.5 Å². The monoisotopic (exact) mass is 301 g/mol. The first-order valence-corrected chi connectivity index (χ1v) is 6.74. The molecule has 4 nitrogen and oxygen atoms in total. The van der Waals surface area contributed by atoms with Crippen LogP contribution in [-0.2, 0) is 11.2 Å². The van der Waals surface area contributed by atoms with E-state index in [4.69, 9.17) is 5.11 Å². The molecule has 1 aromatic carbocycles. The van der Waals surface area contributed by atoms with Gasteiger partial charge in [0.15, 0.2) is 0 Å². The predicted molar refractivity (Wildman–Crippen MR) is 75.3 cm³/mol. The van der Waals surface area contributed by atoms with Gasteiger partial charge in [0.2, 0.25) is 5.91 Å². The number of nitrogens with one attached hydrogen (secondary N) is 1. The van der Waals surface area contributed by atoms with Crippen LogP contribution in [0.2, 0.25) is 0 Å². The zero-order valence-corrected chi connectivity index (χ0v) is 12.2. The maximum absolute atomic E-state index is 12.1. The molecule has 0 heterocycles. The lowest BCUT2D eigenvalue weighted by Gasteiger charge is -2.23. The number of aliphatic hydroxyl groups excluding tert-OH is 1. The average molecular weight is 301 g/mol. The topological polar surface area (TPSA) is 58.6 Å². The molecule has 0 aromatic heterocycles. The number of aliphatic hydroxyl groups is 1. The Kier molecular flexibility index (Phi) is 6.55. The van der Waals surface area contributed by atoms with Crippen molar-refractivity contribution in [3.8, 4) is 5.75 Å². The minimum atomic E-state index is -2.88. The van der Waals surface area contributed by atoms with E-state index in [1.807, 2.05) is 13.8 Å². The summed E-state index contributed by atoms with van der Waals surface area (Å²) in [6.07, 6.45) is 0.681. The molecule has 0 bridgehead atoms. The Bertz CT molecular complexity index is 464. The number of hydrogen-bond donors (Lipinski definition) is 2. The molecule has 0 aliphatic heterocycles. The normalized spacial score (nSPS) is 11.5. The number of amides is 1. The molecule has 0 saturated carbocycles. The van der Waals surface area contributed by atoms with Gasteiger partial charge in [0, 0.05) is 13.2 Å². The van der Waals surface area contributed by atoms with Crippen LogP contribution in [-0.4, -0.2) is 30.8 Å². The summed E-state index contributed by atoms with van der Waals surface area (Å²) >= 11 is 0. The summed E-state index contributed by atoms with van der Waals surface area (Å²) in [6, 6.07) is 6.08. The molecule has 1 amide bonds. The number of carbonyl (C=O) groups excluding carboxylic acids is 1. The van der Waals surface area contributed by atoms with Crippen molar-refractivity contribution in [2.75, 3.05) is 13.2 Å². The van der Waals surface area contributed by atoms with Crippen molar-refractivity contribution in [3.05, 3.63) is 29.8 Å². The quantitative estimate of drug-likeness (QED) is 0.775. The molecule has 118 valence electrons. The first kappa shape index (κ1) is 17.4. The summed E-state index contributed by atoms with van der Waals surface area (Å²) in [5.41, 5.74) is 0.413. The van der Waals surface area contributed by atoms with Crippen molar-refractivity contribution in [1.82, 2.24) is 5.32 Å². The van der Waals surface area contributed by atoms with Gasteiger partial charge in [-0.2, -0.15) is 8.78 Å². The fourth-order valence-electron chi connectivity index (χ4n) is 1.81. The lowest BCUT2D eigenvalue weighted by molar-refractivity contribution is -0.120.